The number of nitrogens with zero attached hydrogens (tertiary/aromatic N) is 1. The minimum absolute atomic E-state index is 0.124. The van der Waals surface area contributed by atoms with Crippen molar-refractivity contribution in [2.75, 3.05) is 18.4 Å². The minimum atomic E-state index is 0.124. The van der Waals surface area contributed by atoms with Crippen molar-refractivity contribution in [2.45, 2.75) is 50.6 Å². The molecular weight excluding hydrogens is 262 g/mol. The first-order chi connectivity index (χ1) is 10.3. The summed E-state index contributed by atoms with van der Waals surface area (Å²) in [6.07, 6.45) is 7.13. The van der Waals surface area contributed by atoms with Crippen molar-refractivity contribution in [3.63, 3.8) is 0 Å². The van der Waals surface area contributed by atoms with Crippen LogP contribution in [0.15, 0.2) is 30.3 Å². The normalized spacial score (nSPS) is 23.0. The molecular formula is C17H25N3O. The molecule has 21 heavy (non-hydrogen) atoms. The molecule has 4 heteroatoms. The van der Waals surface area contributed by atoms with Crippen LogP contribution in [0, 0.1) is 0 Å². The number of amides is 2. The molecule has 4 nitrogen and oxygen atoms in total. The van der Waals surface area contributed by atoms with Gasteiger partial charge in [0.1, 0.15) is 0 Å². The third-order valence-electron chi connectivity index (χ3n) is 4.55. The molecule has 0 radical (unpaired) electrons. The van der Waals surface area contributed by atoms with Gasteiger partial charge in [0.2, 0.25) is 0 Å². The third kappa shape index (κ3) is 3.90. The van der Waals surface area contributed by atoms with E-state index in [2.05, 4.69) is 22.8 Å². The Morgan fingerprint density at radius 1 is 1.00 bits per heavy atom. The number of benzene rings is 1. The van der Waals surface area contributed by atoms with Crippen LogP contribution in [0.4, 0.5) is 10.5 Å². The molecule has 1 unspecified atom stereocenters. The maximum absolute atomic E-state index is 12.3. The highest BCUT2D eigenvalue weighted by Gasteiger charge is 2.27. The van der Waals surface area contributed by atoms with Crippen LogP contribution in [-0.4, -0.2) is 36.1 Å². The topological polar surface area (TPSA) is 44.4 Å². The number of para-hydroxylation sites is 1. The SMILES string of the molecule is O=C(NC1CCCCC1)N1CCC(Nc2ccccc2)C1. The Labute approximate surface area is 126 Å². The van der Waals surface area contributed by atoms with Crippen LogP contribution in [0.1, 0.15) is 38.5 Å². The summed E-state index contributed by atoms with van der Waals surface area (Å²) in [5.41, 5.74) is 1.14. The fourth-order valence-corrected chi connectivity index (χ4v) is 3.35. The van der Waals surface area contributed by atoms with E-state index in [0.717, 1.165) is 38.0 Å². The maximum Gasteiger partial charge on any atom is 0.317 e. The molecule has 0 spiro atoms. The number of nitrogens with one attached hydrogen (secondary N) is 2. The first kappa shape index (κ1) is 14.2. The van der Waals surface area contributed by atoms with Gasteiger partial charge in [0, 0.05) is 30.9 Å². The van der Waals surface area contributed by atoms with Gasteiger partial charge in [0.05, 0.1) is 0 Å². The molecule has 0 aromatic heterocycles. The number of hydrogen-bond donors (Lipinski definition) is 2. The molecule has 1 aromatic carbocycles. The first-order valence-corrected chi connectivity index (χ1v) is 8.18. The average molecular weight is 287 g/mol. The van der Waals surface area contributed by atoms with E-state index in [9.17, 15) is 4.79 Å². The van der Waals surface area contributed by atoms with Crippen LogP contribution < -0.4 is 10.6 Å². The Balaban J connectivity index is 1.46. The summed E-state index contributed by atoms with van der Waals surface area (Å²) in [6.45, 7) is 1.65. The summed E-state index contributed by atoms with van der Waals surface area (Å²) in [5.74, 6) is 0. The lowest BCUT2D eigenvalue weighted by Crippen LogP contribution is -2.45. The second-order valence-corrected chi connectivity index (χ2v) is 6.23. The molecule has 1 atom stereocenters. The van der Waals surface area contributed by atoms with Crippen LogP contribution in [-0.2, 0) is 0 Å². The van der Waals surface area contributed by atoms with Gasteiger partial charge in [0.15, 0.2) is 0 Å². The average Bonchev–Trinajstić information content (AvgIpc) is 2.98. The van der Waals surface area contributed by atoms with E-state index >= 15 is 0 Å². The lowest BCUT2D eigenvalue weighted by molar-refractivity contribution is 0.200. The van der Waals surface area contributed by atoms with Gasteiger partial charge in [0.25, 0.3) is 0 Å². The van der Waals surface area contributed by atoms with Crippen molar-refractivity contribution >= 4 is 11.7 Å². The molecule has 2 aliphatic rings. The van der Waals surface area contributed by atoms with Crippen molar-refractivity contribution in [3.05, 3.63) is 30.3 Å². The summed E-state index contributed by atoms with van der Waals surface area (Å²) >= 11 is 0. The number of carbonyl (C=O) groups excluding carboxylic acids is 1. The van der Waals surface area contributed by atoms with Gasteiger partial charge in [-0.2, -0.15) is 0 Å². The number of carbonyl (C=O) groups is 1. The maximum atomic E-state index is 12.3. The van der Waals surface area contributed by atoms with Gasteiger partial charge in [-0.3, -0.25) is 0 Å². The van der Waals surface area contributed by atoms with E-state index in [4.69, 9.17) is 0 Å². The fraction of sp³-hybridized carbons (Fsp3) is 0.588. The van der Waals surface area contributed by atoms with Crippen LogP contribution in [0.5, 0.6) is 0 Å². The monoisotopic (exact) mass is 287 g/mol. The summed E-state index contributed by atoms with van der Waals surface area (Å²) in [5, 5.41) is 6.71. The molecule has 0 bridgehead atoms. The summed E-state index contributed by atoms with van der Waals surface area (Å²) in [4.78, 5) is 14.3. The molecule has 2 fully saturated rings. The second kappa shape index (κ2) is 6.83. The van der Waals surface area contributed by atoms with Crippen molar-refractivity contribution in [2.24, 2.45) is 0 Å². The Morgan fingerprint density at radius 3 is 2.52 bits per heavy atom. The highest BCUT2D eigenvalue weighted by Crippen LogP contribution is 2.19. The van der Waals surface area contributed by atoms with Gasteiger partial charge in [-0.25, -0.2) is 4.79 Å². The predicted molar refractivity (Wildman–Crippen MR) is 85.4 cm³/mol. The molecule has 2 amide bonds. The van der Waals surface area contributed by atoms with Crippen molar-refractivity contribution in [3.8, 4) is 0 Å². The van der Waals surface area contributed by atoms with E-state index in [1.165, 1.54) is 19.3 Å². The fourth-order valence-electron chi connectivity index (χ4n) is 3.35. The van der Waals surface area contributed by atoms with Crippen LogP contribution in [0.3, 0.4) is 0 Å². The zero-order chi connectivity index (χ0) is 14.5. The number of anilines is 1. The smallest absolute Gasteiger partial charge is 0.317 e. The summed E-state index contributed by atoms with van der Waals surface area (Å²) in [6, 6.07) is 11.1. The van der Waals surface area contributed by atoms with Crippen molar-refractivity contribution < 1.29 is 4.79 Å². The quantitative estimate of drug-likeness (QED) is 0.896. The zero-order valence-electron chi connectivity index (χ0n) is 12.6. The Kier molecular flexibility index (Phi) is 4.63. The van der Waals surface area contributed by atoms with E-state index in [1.807, 2.05) is 23.1 Å². The summed E-state index contributed by atoms with van der Waals surface area (Å²) in [7, 11) is 0. The lowest BCUT2D eigenvalue weighted by atomic mass is 9.96. The predicted octanol–water partition coefficient (Wildman–Crippen LogP) is 3.22. The molecule has 1 aliphatic carbocycles. The molecule has 1 aliphatic heterocycles. The minimum Gasteiger partial charge on any atom is -0.380 e. The molecule has 2 N–H and O–H groups in total. The van der Waals surface area contributed by atoms with E-state index in [1.54, 1.807) is 0 Å². The highest BCUT2D eigenvalue weighted by molar-refractivity contribution is 5.75. The standard InChI is InChI=1S/C17H25N3O/c21-17(19-15-9-5-2-6-10-15)20-12-11-16(13-20)18-14-7-3-1-4-8-14/h1,3-4,7-8,15-16,18H,2,5-6,9-13H2,(H,19,21). The largest absolute Gasteiger partial charge is 0.380 e. The number of urea groups is 1. The Hall–Kier alpha value is -1.71. The van der Waals surface area contributed by atoms with Crippen LogP contribution in [0.2, 0.25) is 0 Å². The van der Waals surface area contributed by atoms with E-state index < -0.39 is 0 Å². The van der Waals surface area contributed by atoms with Gasteiger partial charge in [-0.05, 0) is 31.4 Å². The van der Waals surface area contributed by atoms with Crippen molar-refractivity contribution in [1.82, 2.24) is 10.2 Å². The summed E-state index contributed by atoms with van der Waals surface area (Å²) < 4.78 is 0. The number of likely N-dealkylation sites (tertiary alicyclic amines) is 1. The number of rotatable bonds is 3. The van der Waals surface area contributed by atoms with Crippen LogP contribution in [0.25, 0.3) is 0 Å². The Morgan fingerprint density at radius 2 is 1.76 bits per heavy atom. The van der Waals surface area contributed by atoms with Gasteiger partial charge < -0.3 is 15.5 Å². The first-order valence-electron chi connectivity index (χ1n) is 8.18. The van der Waals surface area contributed by atoms with Gasteiger partial charge >= 0.3 is 6.03 Å². The van der Waals surface area contributed by atoms with E-state index in [-0.39, 0.29) is 6.03 Å². The molecule has 1 heterocycles. The van der Waals surface area contributed by atoms with Crippen LogP contribution >= 0.6 is 0 Å². The Bertz CT molecular complexity index is 456. The third-order valence-corrected chi connectivity index (χ3v) is 4.55. The zero-order valence-corrected chi connectivity index (χ0v) is 12.6. The number of hydrogen-bond acceptors (Lipinski definition) is 2. The lowest BCUT2D eigenvalue weighted by Gasteiger charge is -2.26. The molecule has 1 aromatic rings. The molecule has 1 saturated heterocycles. The van der Waals surface area contributed by atoms with Crippen molar-refractivity contribution in [1.29, 1.82) is 0 Å². The second-order valence-electron chi connectivity index (χ2n) is 6.23. The molecule has 114 valence electrons. The highest BCUT2D eigenvalue weighted by atomic mass is 16.2. The van der Waals surface area contributed by atoms with Gasteiger partial charge in [-0.15, -0.1) is 0 Å². The van der Waals surface area contributed by atoms with E-state index in [0.29, 0.717) is 12.1 Å². The molecule has 1 saturated carbocycles. The van der Waals surface area contributed by atoms with Gasteiger partial charge in [-0.1, -0.05) is 37.5 Å². The molecule has 3 rings (SSSR count).